The molecule has 2 rings (SSSR count). The quantitative estimate of drug-likeness (QED) is 0.767. The summed E-state index contributed by atoms with van der Waals surface area (Å²) in [5, 5.41) is 3.23. The van der Waals surface area contributed by atoms with Crippen molar-refractivity contribution in [1.82, 2.24) is 14.5 Å². The lowest BCUT2D eigenvalue weighted by atomic mass is 10.1. The number of piperazine rings is 1. The Morgan fingerprint density at radius 2 is 1.68 bits per heavy atom. The Bertz CT molecular complexity index is 640. The van der Waals surface area contributed by atoms with Crippen LogP contribution >= 0.6 is 12.4 Å². The van der Waals surface area contributed by atoms with Gasteiger partial charge in [-0.25, -0.2) is 8.42 Å². The van der Waals surface area contributed by atoms with Gasteiger partial charge in [-0.1, -0.05) is 26.0 Å². The zero-order valence-corrected chi connectivity index (χ0v) is 16.5. The van der Waals surface area contributed by atoms with Crippen molar-refractivity contribution in [2.45, 2.75) is 31.6 Å². The Morgan fingerprint density at radius 1 is 1.12 bits per heavy atom. The maximum atomic E-state index is 12.4. The normalized spacial score (nSPS) is 15.1. The fraction of sp³-hybridized carbons (Fsp3) is 0.588. The predicted molar refractivity (Wildman–Crippen MR) is 102 cm³/mol. The maximum absolute atomic E-state index is 12.4. The lowest BCUT2D eigenvalue weighted by molar-refractivity contribution is -0.131. The highest BCUT2D eigenvalue weighted by Gasteiger charge is 2.21. The fourth-order valence-electron chi connectivity index (χ4n) is 2.86. The average Bonchev–Trinajstić information content (AvgIpc) is 2.61. The van der Waals surface area contributed by atoms with Crippen LogP contribution in [-0.2, 0) is 21.2 Å². The molecule has 0 spiro atoms. The third-order valence-corrected chi connectivity index (χ3v) is 6.43. The summed E-state index contributed by atoms with van der Waals surface area (Å²) in [5.74, 6) is 0.163. The van der Waals surface area contributed by atoms with Crippen LogP contribution in [0.15, 0.2) is 29.2 Å². The summed E-state index contributed by atoms with van der Waals surface area (Å²) in [6, 6.07) is 6.89. The van der Waals surface area contributed by atoms with E-state index < -0.39 is 10.0 Å². The largest absolute Gasteiger partial charge is 0.340 e. The van der Waals surface area contributed by atoms with Gasteiger partial charge in [0.1, 0.15) is 0 Å². The SMILES string of the molecule is CCN(CC)S(=O)(=O)c1ccc(CCC(=O)N2CCNCC2)cc1.Cl. The summed E-state index contributed by atoms with van der Waals surface area (Å²) in [7, 11) is -3.42. The number of hydrogen-bond acceptors (Lipinski definition) is 4. The number of benzene rings is 1. The number of hydrogen-bond donors (Lipinski definition) is 1. The number of carbonyl (C=O) groups is 1. The summed E-state index contributed by atoms with van der Waals surface area (Å²) in [6.07, 6.45) is 1.09. The lowest BCUT2D eigenvalue weighted by Crippen LogP contribution is -2.46. The highest BCUT2D eigenvalue weighted by molar-refractivity contribution is 7.89. The molecule has 0 unspecified atom stereocenters. The molecule has 8 heteroatoms. The predicted octanol–water partition coefficient (Wildman–Crippen LogP) is 1.50. The Kier molecular flexibility index (Phi) is 8.85. The van der Waals surface area contributed by atoms with Crippen molar-refractivity contribution in [2.75, 3.05) is 39.3 Å². The minimum Gasteiger partial charge on any atom is -0.340 e. The second kappa shape index (κ2) is 10.1. The molecule has 1 aromatic carbocycles. The van der Waals surface area contributed by atoms with E-state index in [-0.39, 0.29) is 18.3 Å². The van der Waals surface area contributed by atoms with Gasteiger partial charge < -0.3 is 10.2 Å². The maximum Gasteiger partial charge on any atom is 0.243 e. The van der Waals surface area contributed by atoms with Gasteiger partial charge in [0, 0.05) is 45.7 Å². The Labute approximate surface area is 157 Å². The van der Waals surface area contributed by atoms with Crippen LogP contribution in [0.5, 0.6) is 0 Å². The number of nitrogens with zero attached hydrogens (tertiary/aromatic N) is 2. The van der Waals surface area contributed by atoms with Crippen molar-refractivity contribution in [1.29, 1.82) is 0 Å². The van der Waals surface area contributed by atoms with E-state index in [1.165, 1.54) is 4.31 Å². The minimum absolute atomic E-state index is 0. The van der Waals surface area contributed by atoms with Crippen LogP contribution in [-0.4, -0.2) is 62.8 Å². The van der Waals surface area contributed by atoms with Gasteiger partial charge in [0.25, 0.3) is 0 Å². The first kappa shape index (κ1) is 21.9. The van der Waals surface area contributed by atoms with Crippen molar-refractivity contribution < 1.29 is 13.2 Å². The van der Waals surface area contributed by atoms with Crippen LogP contribution in [0.1, 0.15) is 25.8 Å². The number of amides is 1. The molecule has 1 heterocycles. The monoisotopic (exact) mass is 389 g/mol. The molecular formula is C17H28ClN3O3S. The topological polar surface area (TPSA) is 69.7 Å². The average molecular weight is 390 g/mol. The number of nitrogens with one attached hydrogen (secondary N) is 1. The summed E-state index contributed by atoms with van der Waals surface area (Å²) in [6.45, 7) is 7.81. The molecule has 1 aromatic rings. The standard InChI is InChI=1S/C17H27N3O3S.ClH/c1-3-20(4-2)24(22,23)16-8-5-15(6-9-16)7-10-17(21)19-13-11-18-12-14-19;/h5-6,8-9,18H,3-4,7,10-14H2,1-2H3;1H. The molecular weight excluding hydrogens is 362 g/mol. The van der Waals surface area contributed by atoms with E-state index in [0.29, 0.717) is 30.8 Å². The van der Waals surface area contributed by atoms with Gasteiger partial charge in [-0.2, -0.15) is 4.31 Å². The van der Waals surface area contributed by atoms with Crippen molar-refractivity contribution >= 4 is 28.3 Å². The van der Waals surface area contributed by atoms with Crippen molar-refractivity contribution in [2.24, 2.45) is 0 Å². The van der Waals surface area contributed by atoms with E-state index >= 15 is 0 Å². The molecule has 0 radical (unpaired) electrons. The number of aryl methyl sites for hydroxylation is 1. The van der Waals surface area contributed by atoms with Crippen LogP contribution in [0.3, 0.4) is 0 Å². The molecule has 6 nitrogen and oxygen atoms in total. The molecule has 0 bridgehead atoms. The van der Waals surface area contributed by atoms with E-state index in [2.05, 4.69) is 5.32 Å². The summed E-state index contributed by atoms with van der Waals surface area (Å²) in [4.78, 5) is 14.4. The molecule has 1 N–H and O–H groups in total. The van der Waals surface area contributed by atoms with Crippen molar-refractivity contribution in [3.05, 3.63) is 29.8 Å². The molecule has 1 aliphatic rings. The van der Waals surface area contributed by atoms with Gasteiger partial charge in [-0.15, -0.1) is 12.4 Å². The first-order chi connectivity index (χ1) is 11.5. The smallest absolute Gasteiger partial charge is 0.243 e. The molecule has 1 fully saturated rings. The summed E-state index contributed by atoms with van der Waals surface area (Å²) >= 11 is 0. The number of sulfonamides is 1. The minimum atomic E-state index is -3.42. The second-order valence-electron chi connectivity index (χ2n) is 5.86. The number of rotatable bonds is 7. The first-order valence-electron chi connectivity index (χ1n) is 8.56. The highest BCUT2D eigenvalue weighted by Crippen LogP contribution is 2.17. The van der Waals surface area contributed by atoms with Crippen LogP contribution in [0, 0.1) is 0 Å². The number of carbonyl (C=O) groups excluding carboxylic acids is 1. The van der Waals surface area contributed by atoms with E-state index in [1.54, 1.807) is 24.3 Å². The summed E-state index contributed by atoms with van der Waals surface area (Å²) < 4.78 is 26.3. The Hall–Kier alpha value is -1.15. The zero-order valence-electron chi connectivity index (χ0n) is 14.9. The van der Waals surface area contributed by atoms with Crippen LogP contribution in [0.25, 0.3) is 0 Å². The Morgan fingerprint density at radius 3 is 2.20 bits per heavy atom. The molecule has 0 aromatic heterocycles. The molecule has 1 aliphatic heterocycles. The molecule has 1 saturated heterocycles. The molecule has 142 valence electrons. The highest BCUT2D eigenvalue weighted by atomic mass is 35.5. The van der Waals surface area contributed by atoms with Crippen molar-refractivity contribution in [3.63, 3.8) is 0 Å². The third-order valence-electron chi connectivity index (χ3n) is 4.36. The fourth-order valence-corrected chi connectivity index (χ4v) is 4.32. The first-order valence-corrected chi connectivity index (χ1v) is 10.0. The van der Waals surface area contributed by atoms with Crippen LogP contribution in [0.4, 0.5) is 0 Å². The van der Waals surface area contributed by atoms with Gasteiger partial charge in [-0.3, -0.25) is 4.79 Å². The molecule has 0 saturated carbocycles. The molecule has 0 atom stereocenters. The Balaban J connectivity index is 0.00000312. The van der Waals surface area contributed by atoms with Crippen LogP contribution < -0.4 is 5.32 Å². The molecule has 1 amide bonds. The molecule has 0 aliphatic carbocycles. The van der Waals surface area contributed by atoms with E-state index in [4.69, 9.17) is 0 Å². The number of halogens is 1. The molecule has 25 heavy (non-hydrogen) atoms. The van der Waals surface area contributed by atoms with E-state index in [1.807, 2.05) is 18.7 Å². The zero-order chi connectivity index (χ0) is 17.6. The van der Waals surface area contributed by atoms with Gasteiger partial charge in [0.05, 0.1) is 4.90 Å². The summed E-state index contributed by atoms with van der Waals surface area (Å²) in [5.41, 5.74) is 0.983. The second-order valence-corrected chi connectivity index (χ2v) is 7.80. The van der Waals surface area contributed by atoms with Gasteiger partial charge in [-0.05, 0) is 24.1 Å². The van der Waals surface area contributed by atoms with Crippen LogP contribution in [0.2, 0.25) is 0 Å². The van der Waals surface area contributed by atoms with E-state index in [0.717, 1.165) is 31.7 Å². The van der Waals surface area contributed by atoms with Gasteiger partial charge in [0.15, 0.2) is 0 Å². The lowest BCUT2D eigenvalue weighted by Gasteiger charge is -2.27. The van der Waals surface area contributed by atoms with Gasteiger partial charge in [0.2, 0.25) is 15.9 Å². The van der Waals surface area contributed by atoms with Gasteiger partial charge >= 0.3 is 0 Å². The third kappa shape index (κ3) is 5.67. The van der Waals surface area contributed by atoms with E-state index in [9.17, 15) is 13.2 Å². The van der Waals surface area contributed by atoms with Crippen molar-refractivity contribution in [3.8, 4) is 0 Å².